The zero-order valence-corrected chi connectivity index (χ0v) is 20.9. The van der Waals surface area contributed by atoms with Gasteiger partial charge in [0, 0.05) is 22.1 Å². The van der Waals surface area contributed by atoms with E-state index >= 15 is 0 Å². The molecular formula is C35H26N2. The van der Waals surface area contributed by atoms with Gasteiger partial charge in [0.05, 0.1) is 11.4 Å². The van der Waals surface area contributed by atoms with Crippen LogP contribution in [0.5, 0.6) is 0 Å². The molecule has 0 aliphatic heterocycles. The zero-order chi connectivity index (χ0) is 25.0. The van der Waals surface area contributed by atoms with Gasteiger partial charge in [-0.1, -0.05) is 135 Å². The second kappa shape index (κ2) is 8.25. The molecule has 0 N–H and O–H groups in total. The van der Waals surface area contributed by atoms with Crippen LogP contribution in [0.2, 0.25) is 0 Å². The van der Waals surface area contributed by atoms with Crippen molar-refractivity contribution in [2.45, 2.75) is 19.3 Å². The molecule has 0 fully saturated rings. The molecule has 5 aromatic carbocycles. The van der Waals surface area contributed by atoms with Crippen LogP contribution in [0.3, 0.4) is 0 Å². The third-order valence-corrected chi connectivity index (χ3v) is 7.62. The normalized spacial score (nSPS) is 13.4. The first kappa shape index (κ1) is 21.7. The molecule has 1 aliphatic carbocycles. The molecule has 1 heterocycles. The van der Waals surface area contributed by atoms with Crippen molar-refractivity contribution in [2.75, 3.05) is 0 Å². The SMILES string of the molecule is CC1(C)c2nc(-c3ccccc3)nc(-c3ccc(-c4ccccc4)cc3)c2-c2ccc3ccccc3c21. The molecule has 1 aliphatic rings. The highest BCUT2D eigenvalue weighted by molar-refractivity contribution is 6.00. The molecular weight excluding hydrogens is 448 g/mol. The molecule has 37 heavy (non-hydrogen) atoms. The van der Waals surface area contributed by atoms with E-state index in [1.165, 1.54) is 33.0 Å². The Labute approximate surface area is 217 Å². The van der Waals surface area contributed by atoms with Crippen molar-refractivity contribution in [1.82, 2.24) is 9.97 Å². The van der Waals surface area contributed by atoms with Crippen LogP contribution in [0.25, 0.3) is 55.7 Å². The molecule has 0 atom stereocenters. The van der Waals surface area contributed by atoms with E-state index in [-0.39, 0.29) is 5.41 Å². The van der Waals surface area contributed by atoms with Gasteiger partial charge in [0.2, 0.25) is 0 Å². The predicted molar refractivity (Wildman–Crippen MR) is 153 cm³/mol. The van der Waals surface area contributed by atoms with Crippen molar-refractivity contribution in [1.29, 1.82) is 0 Å². The van der Waals surface area contributed by atoms with E-state index in [0.29, 0.717) is 0 Å². The maximum absolute atomic E-state index is 5.24. The maximum Gasteiger partial charge on any atom is 0.160 e. The van der Waals surface area contributed by atoms with Gasteiger partial charge in [0.1, 0.15) is 0 Å². The minimum atomic E-state index is -0.253. The molecule has 2 nitrogen and oxygen atoms in total. The van der Waals surface area contributed by atoms with Crippen LogP contribution in [-0.2, 0) is 5.41 Å². The predicted octanol–water partition coefficient (Wildman–Crippen LogP) is 8.94. The molecule has 7 rings (SSSR count). The maximum atomic E-state index is 5.24. The van der Waals surface area contributed by atoms with Gasteiger partial charge in [0.15, 0.2) is 5.82 Å². The quantitative estimate of drug-likeness (QED) is 0.256. The lowest BCUT2D eigenvalue weighted by Crippen LogP contribution is -2.18. The topological polar surface area (TPSA) is 25.8 Å². The molecule has 1 aromatic heterocycles. The Hall–Kier alpha value is -4.56. The van der Waals surface area contributed by atoms with Crippen LogP contribution in [0.4, 0.5) is 0 Å². The number of fused-ring (bicyclic) bond motifs is 5. The highest BCUT2D eigenvalue weighted by atomic mass is 14.9. The van der Waals surface area contributed by atoms with E-state index in [4.69, 9.17) is 9.97 Å². The molecule has 6 aromatic rings. The fraction of sp³-hybridized carbons (Fsp3) is 0.0857. The largest absolute Gasteiger partial charge is 0.231 e. The standard InChI is InChI=1S/C35H26N2/c1-35(2)31-28-16-10-9-13-25(28)21-22-29(31)30-32(36-34(37-33(30)35)27-14-7-4-8-15-27)26-19-17-24(18-20-26)23-11-5-3-6-12-23/h3-22H,1-2H3. The van der Waals surface area contributed by atoms with Gasteiger partial charge in [-0.15, -0.1) is 0 Å². The zero-order valence-electron chi connectivity index (χ0n) is 20.9. The van der Waals surface area contributed by atoms with Crippen molar-refractivity contribution in [2.24, 2.45) is 0 Å². The first-order valence-electron chi connectivity index (χ1n) is 12.8. The molecule has 0 saturated heterocycles. The van der Waals surface area contributed by atoms with Crippen LogP contribution in [0, 0.1) is 0 Å². The van der Waals surface area contributed by atoms with Gasteiger partial charge >= 0.3 is 0 Å². The van der Waals surface area contributed by atoms with Crippen LogP contribution in [0.15, 0.2) is 121 Å². The Kier molecular flexibility index (Phi) is 4.84. The highest BCUT2D eigenvalue weighted by Gasteiger charge is 2.41. The molecule has 0 unspecified atom stereocenters. The summed E-state index contributed by atoms with van der Waals surface area (Å²) in [6.45, 7) is 4.60. The van der Waals surface area contributed by atoms with E-state index < -0.39 is 0 Å². The summed E-state index contributed by atoms with van der Waals surface area (Å²) in [5, 5.41) is 2.54. The van der Waals surface area contributed by atoms with Gasteiger partial charge in [-0.2, -0.15) is 0 Å². The number of hydrogen-bond acceptors (Lipinski definition) is 2. The van der Waals surface area contributed by atoms with E-state index in [1.807, 2.05) is 18.2 Å². The van der Waals surface area contributed by atoms with Gasteiger partial charge in [-0.25, -0.2) is 9.97 Å². The van der Waals surface area contributed by atoms with Crippen LogP contribution in [-0.4, -0.2) is 9.97 Å². The fourth-order valence-electron chi connectivity index (χ4n) is 5.82. The molecule has 0 saturated carbocycles. The Morgan fingerprint density at radius 1 is 0.514 bits per heavy atom. The number of hydrogen-bond donors (Lipinski definition) is 0. The Morgan fingerprint density at radius 2 is 1.11 bits per heavy atom. The van der Waals surface area contributed by atoms with Crippen molar-refractivity contribution in [3.63, 3.8) is 0 Å². The first-order chi connectivity index (χ1) is 18.1. The second-order valence-corrected chi connectivity index (χ2v) is 10.3. The lowest BCUT2D eigenvalue weighted by atomic mass is 9.82. The second-order valence-electron chi connectivity index (χ2n) is 10.3. The van der Waals surface area contributed by atoms with E-state index in [1.54, 1.807) is 0 Å². The highest BCUT2D eigenvalue weighted by Crippen LogP contribution is 2.53. The number of rotatable bonds is 3. The van der Waals surface area contributed by atoms with Gasteiger partial charge in [-0.3, -0.25) is 0 Å². The Balaban J connectivity index is 1.50. The summed E-state index contributed by atoms with van der Waals surface area (Å²) in [6, 6.07) is 42.8. The average molecular weight is 475 g/mol. The number of benzene rings is 5. The summed E-state index contributed by atoms with van der Waals surface area (Å²) in [6.07, 6.45) is 0. The van der Waals surface area contributed by atoms with Crippen LogP contribution >= 0.6 is 0 Å². The van der Waals surface area contributed by atoms with Gasteiger partial charge in [-0.05, 0) is 33.0 Å². The van der Waals surface area contributed by atoms with Crippen molar-refractivity contribution in [3.05, 3.63) is 133 Å². The number of nitrogens with zero attached hydrogens (tertiary/aromatic N) is 2. The van der Waals surface area contributed by atoms with E-state index in [9.17, 15) is 0 Å². The smallest absolute Gasteiger partial charge is 0.160 e. The monoisotopic (exact) mass is 474 g/mol. The number of aromatic nitrogens is 2. The molecule has 0 spiro atoms. The lowest BCUT2D eigenvalue weighted by molar-refractivity contribution is 0.641. The summed E-state index contributed by atoms with van der Waals surface area (Å²) in [7, 11) is 0. The third kappa shape index (κ3) is 3.41. The summed E-state index contributed by atoms with van der Waals surface area (Å²) in [5.41, 5.74) is 10.1. The molecule has 0 bridgehead atoms. The Bertz CT molecular complexity index is 1770. The molecule has 0 amide bonds. The summed E-state index contributed by atoms with van der Waals surface area (Å²) in [4.78, 5) is 10.5. The van der Waals surface area contributed by atoms with Gasteiger partial charge in [0.25, 0.3) is 0 Å². The van der Waals surface area contributed by atoms with Crippen molar-refractivity contribution in [3.8, 4) is 44.9 Å². The average Bonchev–Trinajstić information content (AvgIpc) is 3.20. The first-order valence-corrected chi connectivity index (χ1v) is 12.8. The van der Waals surface area contributed by atoms with E-state index in [0.717, 1.165) is 33.9 Å². The third-order valence-electron chi connectivity index (χ3n) is 7.62. The van der Waals surface area contributed by atoms with Crippen molar-refractivity contribution >= 4 is 10.8 Å². The summed E-state index contributed by atoms with van der Waals surface area (Å²) in [5.74, 6) is 0.770. The van der Waals surface area contributed by atoms with Gasteiger partial charge < -0.3 is 0 Å². The van der Waals surface area contributed by atoms with Crippen molar-refractivity contribution < 1.29 is 0 Å². The molecule has 2 heteroatoms. The van der Waals surface area contributed by atoms with Crippen LogP contribution in [0.1, 0.15) is 25.1 Å². The summed E-state index contributed by atoms with van der Waals surface area (Å²) >= 11 is 0. The minimum absolute atomic E-state index is 0.253. The summed E-state index contributed by atoms with van der Waals surface area (Å²) < 4.78 is 0. The molecule has 0 radical (unpaired) electrons. The van der Waals surface area contributed by atoms with E-state index in [2.05, 4.69) is 117 Å². The molecule has 176 valence electrons. The minimum Gasteiger partial charge on any atom is -0.231 e. The fourth-order valence-corrected chi connectivity index (χ4v) is 5.82. The lowest BCUT2D eigenvalue weighted by Gasteiger charge is -2.22. The Morgan fingerprint density at radius 3 is 1.84 bits per heavy atom. The van der Waals surface area contributed by atoms with Crippen LogP contribution < -0.4 is 0 Å².